The van der Waals surface area contributed by atoms with Crippen molar-refractivity contribution in [1.82, 2.24) is 9.47 Å². The SMILES string of the molecule is O=C1S/C(=C/c2cn(Cc3ccc(Cl)cc3Cl)c3ccccc23)C(=O)N1Cc1cccc(Br)c1. The Bertz CT molecular complexity index is 1480. The number of amides is 2. The Hall–Kier alpha value is -2.51. The van der Waals surface area contributed by atoms with Gasteiger partial charge >= 0.3 is 0 Å². The highest BCUT2D eigenvalue weighted by atomic mass is 79.9. The van der Waals surface area contributed by atoms with Gasteiger partial charge in [-0.15, -0.1) is 0 Å². The Balaban J connectivity index is 1.47. The number of carbonyl (C=O) groups is 2. The minimum Gasteiger partial charge on any atom is -0.342 e. The van der Waals surface area contributed by atoms with Crippen molar-refractivity contribution in [3.05, 3.63) is 109 Å². The number of aromatic nitrogens is 1. The molecule has 170 valence electrons. The molecule has 1 aliphatic heterocycles. The first-order valence-corrected chi connectivity index (χ1v) is 12.8. The van der Waals surface area contributed by atoms with E-state index in [9.17, 15) is 9.59 Å². The van der Waals surface area contributed by atoms with E-state index in [1.165, 1.54) is 4.90 Å². The van der Waals surface area contributed by atoms with E-state index in [0.717, 1.165) is 43.8 Å². The second kappa shape index (κ2) is 9.62. The molecule has 5 rings (SSSR count). The average Bonchev–Trinajstić information content (AvgIpc) is 3.28. The van der Waals surface area contributed by atoms with Crippen LogP contribution in [0.25, 0.3) is 17.0 Å². The molecule has 4 aromatic rings. The third-order valence-electron chi connectivity index (χ3n) is 5.57. The van der Waals surface area contributed by atoms with Gasteiger partial charge in [0, 0.05) is 43.7 Å². The van der Waals surface area contributed by atoms with E-state index in [1.807, 2.05) is 66.9 Å². The monoisotopic (exact) mass is 570 g/mol. The molecule has 1 fully saturated rings. The van der Waals surface area contributed by atoms with Crippen molar-refractivity contribution in [3.63, 3.8) is 0 Å². The van der Waals surface area contributed by atoms with Gasteiger partial charge < -0.3 is 4.57 Å². The Labute approximate surface area is 219 Å². The predicted octanol–water partition coefficient (Wildman–Crippen LogP) is 8.00. The topological polar surface area (TPSA) is 42.3 Å². The van der Waals surface area contributed by atoms with E-state index in [2.05, 4.69) is 20.5 Å². The molecule has 0 spiro atoms. The van der Waals surface area contributed by atoms with E-state index in [0.29, 0.717) is 21.5 Å². The van der Waals surface area contributed by atoms with E-state index >= 15 is 0 Å². The predicted molar refractivity (Wildman–Crippen MR) is 143 cm³/mol. The van der Waals surface area contributed by atoms with Gasteiger partial charge in [-0.2, -0.15) is 0 Å². The summed E-state index contributed by atoms with van der Waals surface area (Å²) in [7, 11) is 0. The van der Waals surface area contributed by atoms with Crippen LogP contribution >= 0.6 is 50.9 Å². The normalized spacial score (nSPS) is 15.1. The first kappa shape index (κ1) is 23.2. The fraction of sp³-hybridized carbons (Fsp3) is 0.0769. The molecule has 34 heavy (non-hydrogen) atoms. The lowest BCUT2D eigenvalue weighted by Crippen LogP contribution is -2.27. The summed E-state index contributed by atoms with van der Waals surface area (Å²) in [6, 6.07) is 21.0. The number of para-hydroxylation sites is 1. The summed E-state index contributed by atoms with van der Waals surface area (Å²) in [6.45, 7) is 0.785. The fourth-order valence-corrected chi connectivity index (χ4v) is 5.69. The first-order valence-electron chi connectivity index (χ1n) is 10.4. The van der Waals surface area contributed by atoms with Crippen LogP contribution in [-0.2, 0) is 17.9 Å². The number of nitrogens with zero attached hydrogens (tertiary/aromatic N) is 2. The van der Waals surface area contributed by atoms with Gasteiger partial charge in [0.1, 0.15) is 0 Å². The highest BCUT2D eigenvalue weighted by molar-refractivity contribution is 9.10. The minimum atomic E-state index is -0.285. The fourth-order valence-electron chi connectivity index (χ4n) is 3.95. The third kappa shape index (κ3) is 4.68. The van der Waals surface area contributed by atoms with Gasteiger partial charge in [0.15, 0.2) is 0 Å². The van der Waals surface area contributed by atoms with E-state index in [-0.39, 0.29) is 17.7 Å². The molecule has 0 unspecified atom stereocenters. The van der Waals surface area contributed by atoms with Crippen LogP contribution in [0.15, 0.2) is 82.3 Å². The zero-order valence-corrected chi connectivity index (χ0v) is 21.6. The summed E-state index contributed by atoms with van der Waals surface area (Å²) in [5.41, 5.74) is 3.70. The van der Waals surface area contributed by atoms with Crippen molar-refractivity contribution in [2.75, 3.05) is 0 Å². The molecule has 3 aromatic carbocycles. The van der Waals surface area contributed by atoms with Crippen LogP contribution in [0.1, 0.15) is 16.7 Å². The molecule has 0 aliphatic carbocycles. The van der Waals surface area contributed by atoms with E-state index < -0.39 is 0 Å². The number of thioether (sulfide) groups is 1. The first-order chi connectivity index (χ1) is 16.4. The number of hydrogen-bond donors (Lipinski definition) is 0. The largest absolute Gasteiger partial charge is 0.342 e. The Kier molecular flexibility index (Phi) is 6.58. The number of fused-ring (bicyclic) bond motifs is 1. The lowest BCUT2D eigenvalue weighted by Gasteiger charge is -2.12. The molecule has 1 saturated heterocycles. The maximum absolute atomic E-state index is 13.1. The van der Waals surface area contributed by atoms with Crippen molar-refractivity contribution in [2.45, 2.75) is 13.1 Å². The van der Waals surface area contributed by atoms with Crippen LogP contribution in [0, 0.1) is 0 Å². The molecule has 2 amide bonds. The van der Waals surface area contributed by atoms with Gasteiger partial charge in [0.25, 0.3) is 11.1 Å². The van der Waals surface area contributed by atoms with Gasteiger partial charge in [-0.05, 0) is 59.3 Å². The molecule has 8 heteroatoms. The summed E-state index contributed by atoms with van der Waals surface area (Å²) < 4.78 is 2.99. The molecule has 0 radical (unpaired) electrons. The Morgan fingerprint density at radius 3 is 2.56 bits per heavy atom. The van der Waals surface area contributed by atoms with Crippen molar-refractivity contribution in [2.24, 2.45) is 0 Å². The highest BCUT2D eigenvalue weighted by Gasteiger charge is 2.35. The van der Waals surface area contributed by atoms with Crippen molar-refractivity contribution < 1.29 is 9.59 Å². The lowest BCUT2D eigenvalue weighted by atomic mass is 10.1. The molecule has 0 atom stereocenters. The van der Waals surface area contributed by atoms with Crippen molar-refractivity contribution in [1.29, 1.82) is 0 Å². The molecule has 2 heterocycles. The van der Waals surface area contributed by atoms with Gasteiger partial charge in [0.2, 0.25) is 0 Å². The smallest absolute Gasteiger partial charge is 0.293 e. The summed E-state index contributed by atoms with van der Waals surface area (Å²) in [4.78, 5) is 27.4. The Morgan fingerprint density at radius 2 is 1.76 bits per heavy atom. The van der Waals surface area contributed by atoms with Crippen LogP contribution < -0.4 is 0 Å². The maximum atomic E-state index is 13.1. The van der Waals surface area contributed by atoms with E-state index in [4.69, 9.17) is 23.2 Å². The lowest BCUT2D eigenvalue weighted by molar-refractivity contribution is -0.123. The van der Waals surface area contributed by atoms with Gasteiger partial charge in [-0.25, -0.2) is 0 Å². The summed E-state index contributed by atoms with van der Waals surface area (Å²) >= 11 is 16.8. The van der Waals surface area contributed by atoms with E-state index in [1.54, 1.807) is 12.1 Å². The van der Waals surface area contributed by atoms with Crippen LogP contribution in [0.4, 0.5) is 4.79 Å². The number of carbonyl (C=O) groups excluding carboxylic acids is 2. The quantitative estimate of drug-likeness (QED) is 0.228. The van der Waals surface area contributed by atoms with Crippen LogP contribution in [0.2, 0.25) is 10.0 Å². The second-order valence-corrected chi connectivity index (χ2v) is 10.6. The van der Waals surface area contributed by atoms with Gasteiger partial charge in [-0.1, -0.05) is 75.5 Å². The number of hydrogen-bond acceptors (Lipinski definition) is 3. The molecule has 0 bridgehead atoms. The molecule has 1 aliphatic rings. The van der Waals surface area contributed by atoms with Crippen LogP contribution in [-0.4, -0.2) is 20.6 Å². The van der Waals surface area contributed by atoms with Crippen molar-refractivity contribution >= 4 is 79.0 Å². The zero-order valence-electron chi connectivity index (χ0n) is 17.7. The molecular formula is C26H17BrCl2N2O2S. The Morgan fingerprint density at radius 1 is 0.941 bits per heavy atom. The number of imide groups is 1. The summed E-state index contributed by atoms with van der Waals surface area (Å²) in [5, 5.41) is 1.91. The number of benzene rings is 3. The second-order valence-electron chi connectivity index (χ2n) is 7.86. The standard InChI is InChI=1S/C26H17BrCl2N2O2S/c27-19-5-3-4-16(10-19)13-31-25(32)24(34-26(31)33)11-18-15-30(23-7-2-1-6-21(18)23)14-17-8-9-20(28)12-22(17)29/h1-12,15H,13-14H2/b24-11+. The third-order valence-corrected chi connectivity index (χ3v) is 7.55. The maximum Gasteiger partial charge on any atom is 0.293 e. The molecule has 1 aromatic heterocycles. The highest BCUT2D eigenvalue weighted by Crippen LogP contribution is 2.35. The van der Waals surface area contributed by atoms with Crippen LogP contribution in [0.5, 0.6) is 0 Å². The molecule has 0 N–H and O–H groups in total. The van der Waals surface area contributed by atoms with Gasteiger partial charge in [0.05, 0.1) is 11.4 Å². The number of rotatable bonds is 5. The zero-order chi connectivity index (χ0) is 23.8. The van der Waals surface area contributed by atoms with Crippen LogP contribution in [0.3, 0.4) is 0 Å². The minimum absolute atomic E-state index is 0.234. The average molecular weight is 572 g/mol. The molecule has 0 saturated carbocycles. The number of halogens is 3. The summed E-state index contributed by atoms with van der Waals surface area (Å²) in [6.07, 6.45) is 3.78. The van der Waals surface area contributed by atoms with Crippen molar-refractivity contribution in [3.8, 4) is 0 Å². The molecule has 4 nitrogen and oxygen atoms in total. The van der Waals surface area contributed by atoms with Gasteiger partial charge in [-0.3, -0.25) is 14.5 Å². The summed E-state index contributed by atoms with van der Waals surface area (Å²) in [5.74, 6) is -0.285. The molecular weight excluding hydrogens is 555 g/mol.